The predicted octanol–water partition coefficient (Wildman–Crippen LogP) is 7.57. The summed E-state index contributed by atoms with van der Waals surface area (Å²) in [5.74, 6) is 1.84. The molecule has 2 aromatic rings. The van der Waals surface area contributed by atoms with Gasteiger partial charge in [0.15, 0.2) is 0 Å². The van der Waals surface area contributed by atoms with Gasteiger partial charge in [0.2, 0.25) is 0 Å². The molecule has 0 radical (unpaired) electrons. The van der Waals surface area contributed by atoms with Crippen LogP contribution in [0, 0.1) is 0 Å². The maximum Gasteiger partial charge on any atom is 0.119 e. The van der Waals surface area contributed by atoms with Crippen LogP contribution in [0.25, 0.3) is 12.2 Å². The van der Waals surface area contributed by atoms with Gasteiger partial charge in [-0.2, -0.15) is 0 Å². The Kier molecular flexibility index (Phi) is 10.7. The van der Waals surface area contributed by atoms with Gasteiger partial charge in [-0.05, 0) is 74.2 Å². The monoisotopic (exact) mass is 457 g/mol. The summed E-state index contributed by atoms with van der Waals surface area (Å²) in [5, 5.41) is 0. The van der Waals surface area contributed by atoms with Crippen molar-refractivity contribution in [2.24, 2.45) is 0 Å². The Bertz CT molecular complexity index is 948. The topological polar surface area (TPSA) is 21.7 Å². The van der Waals surface area contributed by atoms with Gasteiger partial charge >= 0.3 is 0 Å². The molecule has 3 rings (SSSR count). The van der Waals surface area contributed by atoms with E-state index in [0.29, 0.717) is 0 Å². The smallest absolute Gasteiger partial charge is 0.119 e. The van der Waals surface area contributed by atoms with E-state index in [1.165, 1.54) is 32.4 Å². The highest BCUT2D eigenvalue weighted by molar-refractivity contribution is 5.56. The maximum atomic E-state index is 5.92. The van der Waals surface area contributed by atoms with Crippen LogP contribution in [-0.4, -0.2) is 37.7 Å². The third kappa shape index (κ3) is 9.44. The second kappa shape index (κ2) is 14.3. The molecule has 3 heteroatoms. The van der Waals surface area contributed by atoms with Gasteiger partial charge in [-0.1, -0.05) is 86.2 Å². The fraction of sp³-hybridized carbons (Fsp3) is 0.355. The number of hydrogen-bond donors (Lipinski definition) is 0. The van der Waals surface area contributed by atoms with Crippen molar-refractivity contribution in [3.05, 3.63) is 96.1 Å². The molecule has 1 aliphatic rings. The largest absolute Gasteiger partial charge is 0.494 e. The summed E-state index contributed by atoms with van der Waals surface area (Å²) >= 11 is 0. The van der Waals surface area contributed by atoms with Crippen molar-refractivity contribution >= 4 is 12.2 Å². The van der Waals surface area contributed by atoms with Crippen molar-refractivity contribution in [1.82, 2.24) is 4.90 Å². The molecule has 0 amide bonds. The molecule has 1 aliphatic heterocycles. The van der Waals surface area contributed by atoms with Gasteiger partial charge in [-0.3, -0.25) is 4.90 Å². The van der Waals surface area contributed by atoms with Crippen molar-refractivity contribution in [3.63, 3.8) is 0 Å². The first-order valence-corrected chi connectivity index (χ1v) is 12.5. The van der Waals surface area contributed by atoms with E-state index in [1.54, 1.807) is 0 Å². The molecule has 34 heavy (non-hydrogen) atoms. The Morgan fingerprint density at radius 2 is 1.26 bits per heavy atom. The summed E-state index contributed by atoms with van der Waals surface area (Å²) in [6.45, 7) is 15.4. The van der Waals surface area contributed by atoms with Gasteiger partial charge in [0, 0.05) is 6.54 Å². The molecule has 0 atom stereocenters. The zero-order valence-corrected chi connectivity index (χ0v) is 20.7. The number of benzene rings is 2. The van der Waals surface area contributed by atoms with E-state index in [1.807, 2.05) is 24.3 Å². The van der Waals surface area contributed by atoms with E-state index in [4.69, 9.17) is 9.47 Å². The Morgan fingerprint density at radius 3 is 1.76 bits per heavy atom. The van der Waals surface area contributed by atoms with E-state index in [0.717, 1.165) is 66.4 Å². The van der Waals surface area contributed by atoms with Crippen molar-refractivity contribution in [2.45, 2.75) is 39.0 Å². The molecule has 0 aromatic heterocycles. The first-order chi connectivity index (χ1) is 16.6. The maximum absolute atomic E-state index is 5.92. The predicted molar refractivity (Wildman–Crippen MR) is 145 cm³/mol. The van der Waals surface area contributed by atoms with Crippen LogP contribution in [0.2, 0.25) is 0 Å². The van der Waals surface area contributed by atoms with Crippen LogP contribution < -0.4 is 9.47 Å². The molecule has 0 saturated carbocycles. The molecular formula is C31H39NO2. The number of nitrogens with zero attached hydrogens (tertiary/aromatic N) is 1. The van der Waals surface area contributed by atoms with E-state index < -0.39 is 0 Å². The zero-order valence-electron chi connectivity index (χ0n) is 20.7. The van der Waals surface area contributed by atoms with E-state index in [-0.39, 0.29) is 0 Å². The third-order valence-electron chi connectivity index (χ3n) is 5.84. The molecule has 3 nitrogen and oxygen atoms in total. The van der Waals surface area contributed by atoms with Gasteiger partial charge in [-0.25, -0.2) is 0 Å². The molecule has 0 spiro atoms. The molecule has 0 unspecified atom stereocenters. The minimum atomic E-state index is 0.738. The molecule has 1 heterocycles. The summed E-state index contributed by atoms with van der Waals surface area (Å²) in [6, 6.07) is 16.4. The Labute approximate surface area is 206 Å². The molecule has 1 saturated heterocycles. The van der Waals surface area contributed by atoms with Gasteiger partial charge in [-0.15, -0.1) is 0 Å². The van der Waals surface area contributed by atoms with Crippen molar-refractivity contribution in [3.8, 4) is 11.5 Å². The average molecular weight is 458 g/mol. The van der Waals surface area contributed by atoms with Gasteiger partial charge < -0.3 is 9.47 Å². The lowest BCUT2D eigenvalue weighted by atomic mass is 10.0. The van der Waals surface area contributed by atoms with Crippen LogP contribution in [0.1, 0.15) is 50.2 Å². The highest BCUT2D eigenvalue weighted by Crippen LogP contribution is 2.18. The van der Waals surface area contributed by atoms with Crippen LogP contribution in [-0.2, 0) is 0 Å². The first kappa shape index (κ1) is 25.6. The van der Waals surface area contributed by atoms with E-state index >= 15 is 0 Å². The first-order valence-electron chi connectivity index (χ1n) is 12.5. The second-order valence-electron chi connectivity index (χ2n) is 8.90. The highest BCUT2D eigenvalue weighted by atomic mass is 16.5. The number of ether oxygens (including phenoxy) is 2. The average Bonchev–Trinajstić information content (AvgIpc) is 2.87. The fourth-order valence-corrected chi connectivity index (χ4v) is 3.88. The Balaban J connectivity index is 1.38. The van der Waals surface area contributed by atoms with Crippen molar-refractivity contribution < 1.29 is 9.47 Å². The molecule has 0 bridgehead atoms. The summed E-state index contributed by atoms with van der Waals surface area (Å²) in [6.07, 6.45) is 14.0. The van der Waals surface area contributed by atoms with Gasteiger partial charge in [0.05, 0.1) is 6.61 Å². The summed E-state index contributed by atoms with van der Waals surface area (Å²) < 4.78 is 11.5. The standard InChI is InChI=1S/C31H39NO2/c1-4-23-33-30-16-12-28(13-17-30)10-8-26(2)25-27(3)9-11-29-14-18-31(19-15-29)34-24-22-32-20-6-5-7-21-32/h8-19H,2-7,20-25H2,1H3/b10-8+,11-9+. The highest BCUT2D eigenvalue weighted by Gasteiger charge is 2.09. The number of piperidine rings is 1. The normalized spacial score (nSPS) is 14.5. The SMILES string of the molecule is C=C(/C=C/c1ccc(OCCC)cc1)CC(=C)/C=C/c1ccc(OCCN2CCCCC2)cc1. The lowest BCUT2D eigenvalue weighted by Gasteiger charge is -2.26. The van der Waals surface area contributed by atoms with E-state index in [2.05, 4.69) is 73.6 Å². The number of rotatable bonds is 13. The van der Waals surface area contributed by atoms with Crippen LogP contribution in [0.4, 0.5) is 0 Å². The van der Waals surface area contributed by atoms with Crippen molar-refractivity contribution in [1.29, 1.82) is 0 Å². The molecule has 1 fully saturated rings. The summed E-state index contributed by atoms with van der Waals surface area (Å²) in [4.78, 5) is 2.49. The summed E-state index contributed by atoms with van der Waals surface area (Å²) in [7, 11) is 0. The van der Waals surface area contributed by atoms with Crippen LogP contribution in [0.3, 0.4) is 0 Å². The lowest BCUT2D eigenvalue weighted by Crippen LogP contribution is -2.33. The number of allylic oxidation sites excluding steroid dienone is 4. The molecule has 2 aromatic carbocycles. The molecule has 0 N–H and O–H groups in total. The third-order valence-corrected chi connectivity index (χ3v) is 5.84. The Morgan fingerprint density at radius 1 is 0.765 bits per heavy atom. The minimum Gasteiger partial charge on any atom is -0.494 e. The molecular weight excluding hydrogens is 418 g/mol. The quantitative estimate of drug-likeness (QED) is 0.290. The zero-order chi connectivity index (χ0) is 24.0. The Hall–Kier alpha value is -3.04. The van der Waals surface area contributed by atoms with Crippen molar-refractivity contribution in [2.75, 3.05) is 32.8 Å². The number of hydrogen-bond acceptors (Lipinski definition) is 3. The molecule has 180 valence electrons. The number of likely N-dealkylation sites (tertiary alicyclic amines) is 1. The minimum absolute atomic E-state index is 0.738. The van der Waals surface area contributed by atoms with E-state index in [9.17, 15) is 0 Å². The van der Waals surface area contributed by atoms with Crippen LogP contribution >= 0.6 is 0 Å². The lowest BCUT2D eigenvalue weighted by molar-refractivity contribution is 0.183. The van der Waals surface area contributed by atoms with Crippen LogP contribution in [0.5, 0.6) is 11.5 Å². The van der Waals surface area contributed by atoms with Gasteiger partial charge in [0.25, 0.3) is 0 Å². The van der Waals surface area contributed by atoms with Crippen LogP contribution in [0.15, 0.2) is 85.0 Å². The fourth-order valence-electron chi connectivity index (χ4n) is 3.88. The van der Waals surface area contributed by atoms with Gasteiger partial charge in [0.1, 0.15) is 18.1 Å². The molecule has 0 aliphatic carbocycles. The second-order valence-corrected chi connectivity index (χ2v) is 8.90. The summed E-state index contributed by atoms with van der Waals surface area (Å²) in [5.41, 5.74) is 4.32.